The summed E-state index contributed by atoms with van der Waals surface area (Å²) in [5, 5.41) is 0. The third kappa shape index (κ3) is 11.3. The standard InChI is InChI=1S/C22H40N2O3/c1-5-8-11-22-21(6-2)10-9-12-23(4)13-16-25-19-20-26-17-14-24(7-3)15-18-27-22/h6,8,11H,2,5,7,9-10,12-20H2,1,3-4H3/b11-8-,22-21-. The van der Waals surface area contributed by atoms with Gasteiger partial charge in [0.25, 0.3) is 0 Å². The summed E-state index contributed by atoms with van der Waals surface area (Å²) in [6.45, 7) is 16.6. The van der Waals surface area contributed by atoms with E-state index in [9.17, 15) is 0 Å². The van der Waals surface area contributed by atoms with Gasteiger partial charge in [-0.1, -0.05) is 32.6 Å². The Morgan fingerprint density at radius 1 is 0.963 bits per heavy atom. The molecule has 1 aliphatic rings. The number of nitrogens with zero attached hydrogens (tertiary/aromatic N) is 2. The molecule has 0 aromatic rings. The maximum absolute atomic E-state index is 6.16. The van der Waals surface area contributed by atoms with E-state index in [1.165, 1.54) is 5.57 Å². The molecule has 1 aliphatic heterocycles. The zero-order valence-electron chi connectivity index (χ0n) is 17.8. The Labute approximate surface area is 166 Å². The van der Waals surface area contributed by atoms with Gasteiger partial charge < -0.3 is 19.1 Å². The van der Waals surface area contributed by atoms with Crippen molar-refractivity contribution in [1.29, 1.82) is 0 Å². The molecule has 0 aromatic heterocycles. The molecule has 0 radical (unpaired) electrons. The lowest BCUT2D eigenvalue weighted by molar-refractivity contribution is 0.0313. The molecular formula is C22H40N2O3. The fourth-order valence-corrected chi connectivity index (χ4v) is 2.90. The van der Waals surface area contributed by atoms with Gasteiger partial charge in [-0.3, -0.25) is 4.90 Å². The molecule has 0 aliphatic carbocycles. The van der Waals surface area contributed by atoms with Gasteiger partial charge in [-0.2, -0.15) is 0 Å². The lowest BCUT2D eigenvalue weighted by Crippen LogP contribution is -2.31. The second-order valence-corrected chi connectivity index (χ2v) is 6.82. The summed E-state index contributed by atoms with van der Waals surface area (Å²) in [5.74, 6) is 0.964. The second-order valence-electron chi connectivity index (χ2n) is 6.82. The molecule has 0 atom stereocenters. The first-order valence-corrected chi connectivity index (χ1v) is 10.4. The molecule has 0 bridgehead atoms. The van der Waals surface area contributed by atoms with Gasteiger partial charge in [-0.25, -0.2) is 0 Å². The predicted octanol–water partition coefficient (Wildman–Crippen LogP) is 3.49. The molecule has 0 unspecified atom stereocenters. The highest BCUT2D eigenvalue weighted by Gasteiger charge is 2.08. The van der Waals surface area contributed by atoms with Gasteiger partial charge in [0.1, 0.15) is 12.4 Å². The number of allylic oxidation sites excluding steroid dienone is 4. The van der Waals surface area contributed by atoms with Gasteiger partial charge in [0.15, 0.2) is 0 Å². The van der Waals surface area contributed by atoms with Crippen LogP contribution in [0, 0.1) is 0 Å². The van der Waals surface area contributed by atoms with Crippen LogP contribution in [-0.2, 0) is 14.2 Å². The van der Waals surface area contributed by atoms with Crippen molar-refractivity contribution in [2.24, 2.45) is 0 Å². The normalized spacial score (nSPS) is 24.3. The van der Waals surface area contributed by atoms with E-state index < -0.39 is 0 Å². The molecular weight excluding hydrogens is 340 g/mol. The van der Waals surface area contributed by atoms with Crippen molar-refractivity contribution >= 4 is 0 Å². The minimum absolute atomic E-state index is 0.662. The lowest BCUT2D eigenvalue weighted by Gasteiger charge is -2.22. The Kier molecular flexibility index (Phi) is 14.0. The first kappa shape index (κ1) is 23.9. The lowest BCUT2D eigenvalue weighted by atomic mass is 10.1. The summed E-state index contributed by atoms with van der Waals surface area (Å²) in [6.07, 6.45) is 9.25. The van der Waals surface area contributed by atoms with Crippen molar-refractivity contribution < 1.29 is 14.2 Å². The van der Waals surface area contributed by atoms with Crippen LogP contribution in [0.3, 0.4) is 0 Å². The SMILES string of the molecule is C=C/C1=C(\C=C/CC)OCCN(CC)CCOCCOCCN(C)CCC1. The zero-order chi connectivity index (χ0) is 19.7. The van der Waals surface area contributed by atoms with Crippen molar-refractivity contribution in [3.05, 3.63) is 36.1 Å². The molecule has 1 heterocycles. The number of rotatable bonds is 4. The highest BCUT2D eigenvalue weighted by atomic mass is 16.5. The van der Waals surface area contributed by atoms with Crippen LogP contribution in [0.15, 0.2) is 36.1 Å². The van der Waals surface area contributed by atoms with Crippen LogP contribution in [0.2, 0.25) is 0 Å². The maximum atomic E-state index is 6.16. The van der Waals surface area contributed by atoms with E-state index in [0.29, 0.717) is 19.8 Å². The van der Waals surface area contributed by atoms with E-state index in [0.717, 1.165) is 71.0 Å². The van der Waals surface area contributed by atoms with Crippen LogP contribution in [0.1, 0.15) is 33.1 Å². The fourth-order valence-electron chi connectivity index (χ4n) is 2.90. The van der Waals surface area contributed by atoms with Crippen LogP contribution < -0.4 is 0 Å². The number of likely N-dealkylation sites (N-methyl/N-ethyl adjacent to an activating group) is 2. The number of ether oxygens (including phenoxy) is 3. The summed E-state index contributed by atoms with van der Waals surface area (Å²) < 4.78 is 17.5. The third-order valence-corrected chi connectivity index (χ3v) is 4.71. The molecule has 5 nitrogen and oxygen atoms in total. The monoisotopic (exact) mass is 380 g/mol. The van der Waals surface area contributed by atoms with Crippen LogP contribution in [0.25, 0.3) is 0 Å². The third-order valence-electron chi connectivity index (χ3n) is 4.71. The van der Waals surface area contributed by atoms with E-state index >= 15 is 0 Å². The van der Waals surface area contributed by atoms with Gasteiger partial charge in [0.2, 0.25) is 0 Å². The van der Waals surface area contributed by atoms with Crippen molar-refractivity contribution in [2.75, 3.05) is 72.8 Å². The Morgan fingerprint density at radius 3 is 2.33 bits per heavy atom. The van der Waals surface area contributed by atoms with Crippen molar-refractivity contribution in [1.82, 2.24) is 9.80 Å². The first-order chi connectivity index (χ1) is 13.2. The zero-order valence-corrected chi connectivity index (χ0v) is 17.8. The van der Waals surface area contributed by atoms with Gasteiger partial charge in [0.05, 0.1) is 26.4 Å². The molecule has 27 heavy (non-hydrogen) atoms. The molecule has 0 fully saturated rings. The summed E-state index contributed by atoms with van der Waals surface area (Å²) in [6, 6.07) is 0. The van der Waals surface area contributed by atoms with Gasteiger partial charge >= 0.3 is 0 Å². The smallest absolute Gasteiger partial charge is 0.122 e. The Bertz CT molecular complexity index is 449. The van der Waals surface area contributed by atoms with Crippen LogP contribution in [0.4, 0.5) is 0 Å². The van der Waals surface area contributed by atoms with Crippen molar-refractivity contribution in [3.8, 4) is 0 Å². The van der Waals surface area contributed by atoms with E-state index in [1.807, 2.05) is 6.08 Å². The minimum Gasteiger partial charge on any atom is -0.492 e. The molecule has 0 amide bonds. The molecule has 0 N–H and O–H groups in total. The molecule has 0 spiro atoms. The number of hydrogen-bond acceptors (Lipinski definition) is 5. The molecule has 1 rings (SSSR count). The van der Waals surface area contributed by atoms with Crippen molar-refractivity contribution in [2.45, 2.75) is 33.1 Å². The highest BCUT2D eigenvalue weighted by Crippen LogP contribution is 2.16. The van der Waals surface area contributed by atoms with Gasteiger partial charge in [-0.05, 0) is 51.0 Å². The summed E-state index contributed by atoms with van der Waals surface area (Å²) >= 11 is 0. The van der Waals surface area contributed by atoms with Crippen LogP contribution in [0.5, 0.6) is 0 Å². The average molecular weight is 381 g/mol. The van der Waals surface area contributed by atoms with Crippen molar-refractivity contribution in [3.63, 3.8) is 0 Å². The summed E-state index contributed by atoms with van der Waals surface area (Å²) in [7, 11) is 2.14. The maximum Gasteiger partial charge on any atom is 0.122 e. The summed E-state index contributed by atoms with van der Waals surface area (Å²) in [4.78, 5) is 4.67. The van der Waals surface area contributed by atoms with Crippen LogP contribution in [-0.4, -0.2) is 82.6 Å². The predicted molar refractivity (Wildman–Crippen MR) is 113 cm³/mol. The Balaban J connectivity index is 2.75. The second kappa shape index (κ2) is 15.9. The quantitative estimate of drug-likeness (QED) is 0.746. The average Bonchev–Trinajstić information content (AvgIpc) is 2.68. The Hall–Kier alpha value is -1.14. The van der Waals surface area contributed by atoms with E-state index in [2.05, 4.69) is 49.4 Å². The van der Waals surface area contributed by atoms with E-state index in [1.54, 1.807) is 0 Å². The molecule has 5 heteroatoms. The topological polar surface area (TPSA) is 34.2 Å². The highest BCUT2D eigenvalue weighted by molar-refractivity contribution is 5.28. The van der Waals surface area contributed by atoms with E-state index in [-0.39, 0.29) is 0 Å². The molecule has 0 aromatic carbocycles. The van der Waals surface area contributed by atoms with Gasteiger partial charge in [-0.15, -0.1) is 0 Å². The van der Waals surface area contributed by atoms with Crippen LogP contribution >= 0.6 is 0 Å². The van der Waals surface area contributed by atoms with E-state index in [4.69, 9.17) is 14.2 Å². The number of hydrogen-bond donors (Lipinski definition) is 0. The summed E-state index contributed by atoms with van der Waals surface area (Å²) in [5.41, 5.74) is 1.19. The minimum atomic E-state index is 0.662. The molecule has 0 saturated heterocycles. The Morgan fingerprint density at radius 2 is 1.67 bits per heavy atom. The first-order valence-electron chi connectivity index (χ1n) is 10.4. The van der Waals surface area contributed by atoms with Gasteiger partial charge in [0, 0.05) is 19.6 Å². The largest absolute Gasteiger partial charge is 0.492 e. The molecule has 0 saturated carbocycles. The fraction of sp³-hybridized carbons (Fsp3) is 0.727. The molecule has 156 valence electrons.